The van der Waals surface area contributed by atoms with Gasteiger partial charge in [-0.05, 0) is 65.4 Å². The minimum Gasteiger partial charge on any atom is -0.311 e. The molecule has 0 N–H and O–H groups in total. The molecule has 258 valence electrons. The third-order valence-electron chi connectivity index (χ3n) is 10.2. The molecule has 2 aromatic heterocycles. The Balaban J connectivity index is 1.25. The number of pyridine rings is 1. The van der Waals surface area contributed by atoms with Gasteiger partial charge in [-0.1, -0.05) is 152 Å². The molecular formula is C51H34N4. The van der Waals surface area contributed by atoms with Gasteiger partial charge in [0, 0.05) is 55.5 Å². The van der Waals surface area contributed by atoms with E-state index in [1.807, 2.05) is 12.1 Å². The molecule has 0 spiro atoms. The van der Waals surface area contributed by atoms with Gasteiger partial charge in [0.1, 0.15) is 0 Å². The first kappa shape index (κ1) is 32.2. The largest absolute Gasteiger partial charge is 0.311 e. The number of para-hydroxylation sites is 3. The fraction of sp³-hybridized carbons (Fsp3) is 0. The van der Waals surface area contributed by atoms with Gasteiger partial charge in [-0.15, -0.1) is 0 Å². The Bertz CT molecular complexity index is 2840. The van der Waals surface area contributed by atoms with Gasteiger partial charge < -0.3 is 4.90 Å². The van der Waals surface area contributed by atoms with Crippen LogP contribution in [-0.4, -0.2) is 15.0 Å². The molecule has 0 radical (unpaired) electrons. The van der Waals surface area contributed by atoms with Crippen LogP contribution in [0, 0.1) is 0 Å². The molecule has 0 unspecified atom stereocenters. The van der Waals surface area contributed by atoms with Gasteiger partial charge >= 0.3 is 0 Å². The summed E-state index contributed by atoms with van der Waals surface area (Å²) in [5.74, 6) is 0.658. The minimum atomic E-state index is 0.658. The molecule has 0 aliphatic carbocycles. The average molecular weight is 703 g/mol. The predicted molar refractivity (Wildman–Crippen MR) is 229 cm³/mol. The van der Waals surface area contributed by atoms with Crippen molar-refractivity contribution in [1.82, 2.24) is 15.0 Å². The van der Waals surface area contributed by atoms with Gasteiger partial charge in [0.2, 0.25) is 0 Å². The molecule has 0 aliphatic rings. The van der Waals surface area contributed by atoms with E-state index in [1.54, 1.807) is 0 Å². The molecule has 55 heavy (non-hydrogen) atoms. The van der Waals surface area contributed by atoms with E-state index in [4.69, 9.17) is 15.0 Å². The summed E-state index contributed by atoms with van der Waals surface area (Å²) in [5, 5.41) is 5.55. The molecule has 0 amide bonds. The highest BCUT2D eigenvalue weighted by molar-refractivity contribution is 6.26. The van der Waals surface area contributed by atoms with Crippen LogP contribution in [0.25, 0.3) is 77.6 Å². The van der Waals surface area contributed by atoms with Crippen molar-refractivity contribution in [3.05, 3.63) is 206 Å². The van der Waals surface area contributed by atoms with Crippen molar-refractivity contribution in [2.45, 2.75) is 0 Å². The monoisotopic (exact) mass is 702 g/mol. The molecule has 0 aliphatic heterocycles. The highest BCUT2D eigenvalue weighted by Gasteiger charge is 2.21. The first-order valence-corrected chi connectivity index (χ1v) is 18.5. The summed E-state index contributed by atoms with van der Waals surface area (Å²) in [7, 11) is 0. The quantitative estimate of drug-likeness (QED) is 0.155. The second-order valence-corrected chi connectivity index (χ2v) is 13.6. The fourth-order valence-electron chi connectivity index (χ4n) is 7.67. The van der Waals surface area contributed by atoms with Gasteiger partial charge in [-0.2, -0.15) is 0 Å². The first-order chi connectivity index (χ1) is 27.3. The van der Waals surface area contributed by atoms with Crippen molar-refractivity contribution >= 4 is 49.5 Å². The summed E-state index contributed by atoms with van der Waals surface area (Å²) in [6.45, 7) is 0. The van der Waals surface area contributed by atoms with Crippen molar-refractivity contribution in [1.29, 1.82) is 0 Å². The van der Waals surface area contributed by atoms with Crippen molar-refractivity contribution in [3.63, 3.8) is 0 Å². The molecule has 8 aromatic carbocycles. The first-order valence-electron chi connectivity index (χ1n) is 18.5. The van der Waals surface area contributed by atoms with Crippen LogP contribution >= 0.6 is 0 Å². The second-order valence-electron chi connectivity index (χ2n) is 13.6. The molecular weight excluding hydrogens is 669 g/mol. The molecule has 4 nitrogen and oxygen atoms in total. The maximum absolute atomic E-state index is 5.45. The van der Waals surface area contributed by atoms with Crippen LogP contribution in [0.4, 0.5) is 17.1 Å². The summed E-state index contributed by atoms with van der Waals surface area (Å²) in [6.07, 6.45) is 0. The van der Waals surface area contributed by atoms with Crippen molar-refractivity contribution in [3.8, 4) is 45.2 Å². The maximum Gasteiger partial charge on any atom is 0.161 e. The summed E-state index contributed by atoms with van der Waals surface area (Å²) in [5.41, 5.74) is 10.8. The molecule has 10 rings (SSSR count). The molecule has 0 fully saturated rings. The van der Waals surface area contributed by atoms with E-state index in [2.05, 4.69) is 199 Å². The van der Waals surface area contributed by atoms with Gasteiger partial charge in [0.05, 0.1) is 22.6 Å². The molecule has 0 saturated carbocycles. The third-order valence-corrected chi connectivity index (χ3v) is 10.2. The van der Waals surface area contributed by atoms with E-state index in [9.17, 15) is 0 Å². The normalized spacial score (nSPS) is 11.3. The molecule has 0 atom stereocenters. The number of rotatable bonds is 7. The van der Waals surface area contributed by atoms with E-state index in [0.717, 1.165) is 83.5 Å². The topological polar surface area (TPSA) is 41.9 Å². The zero-order valence-electron chi connectivity index (χ0n) is 29.9. The number of hydrogen-bond donors (Lipinski definition) is 0. The van der Waals surface area contributed by atoms with Crippen LogP contribution < -0.4 is 4.90 Å². The zero-order chi connectivity index (χ0) is 36.6. The second kappa shape index (κ2) is 13.8. The van der Waals surface area contributed by atoms with E-state index in [-0.39, 0.29) is 0 Å². The zero-order valence-corrected chi connectivity index (χ0v) is 29.9. The Morgan fingerprint density at radius 2 is 0.836 bits per heavy atom. The third kappa shape index (κ3) is 5.96. The Morgan fingerprint density at radius 3 is 1.44 bits per heavy atom. The maximum atomic E-state index is 5.45. The summed E-state index contributed by atoms with van der Waals surface area (Å²) < 4.78 is 0. The number of hydrogen-bond acceptors (Lipinski definition) is 4. The number of anilines is 3. The van der Waals surface area contributed by atoms with Crippen LogP contribution in [0.1, 0.15) is 0 Å². The molecule has 2 heterocycles. The number of nitrogens with zero attached hydrogens (tertiary/aromatic N) is 4. The van der Waals surface area contributed by atoms with Crippen LogP contribution in [0.2, 0.25) is 0 Å². The van der Waals surface area contributed by atoms with Crippen LogP contribution in [0.3, 0.4) is 0 Å². The lowest BCUT2D eigenvalue weighted by atomic mass is 9.91. The van der Waals surface area contributed by atoms with Gasteiger partial charge in [0.25, 0.3) is 0 Å². The van der Waals surface area contributed by atoms with Crippen molar-refractivity contribution in [2.24, 2.45) is 0 Å². The standard InChI is InChI=1S/C51H34N4/c1-5-17-35(18-6-1)46-34-47(36-19-7-2-8-20-36)54-51(53-46)44-33-38-21-13-14-26-42(38)48-43-27-15-16-28-45(43)52-50(49(44)48)37-29-31-41(32-30-37)55(39-22-9-3-10-23-39)40-24-11-4-12-25-40/h1-34H. The predicted octanol–water partition coefficient (Wildman–Crippen LogP) is 13.5. The fourth-order valence-corrected chi connectivity index (χ4v) is 7.67. The highest BCUT2D eigenvalue weighted by Crippen LogP contribution is 2.44. The van der Waals surface area contributed by atoms with Crippen LogP contribution in [0.5, 0.6) is 0 Å². The smallest absolute Gasteiger partial charge is 0.161 e. The number of benzene rings is 8. The summed E-state index contributed by atoms with van der Waals surface area (Å²) >= 11 is 0. The SMILES string of the molecule is c1ccc(-c2cc(-c3ccccc3)nc(-c3cc4ccccc4c4c3c(-c3ccc(N(c5ccccc5)c5ccccc5)cc3)nc3ccccc34)n2)cc1. The Hall–Kier alpha value is -7.43. The van der Waals surface area contributed by atoms with Gasteiger partial charge in [0.15, 0.2) is 5.82 Å². The minimum absolute atomic E-state index is 0.658. The van der Waals surface area contributed by atoms with Crippen LogP contribution in [0.15, 0.2) is 206 Å². The molecule has 0 saturated heterocycles. The van der Waals surface area contributed by atoms with Crippen LogP contribution in [-0.2, 0) is 0 Å². The lowest BCUT2D eigenvalue weighted by Gasteiger charge is -2.25. The Morgan fingerprint density at radius 1 is 0.345 bits per heavy atom. The summed E-state index contributed by atoms with van der Waals surface area (Å²) in [6, 6.07) is 71.9. The Kier molecular flexibility index (Phi) is 8.12. The molecule has 10 aromatic rings. The average Bonchev–Trinajstić information content (AvgIpc) is 3.27. The number of aromatic nitrogens is 3. The van der Waals surface area contributed by atoms with E-state index >= 15 is 0 Å². The molecule has 4 heteroatoms. The van der Waals surface area contributed by atoms with Crippen molar-refractivity contribution < 1.29 is 0 Å². The van der Waals surface area contributed by atoms with E-state index < -0.39 is 0 Å². The number of fused-ring (bicyclic) bond motifs is 5. The highest BCUT2D eigenvalue weighted by atomic mass is 15.1. The van der Waals surface area contributed by atoms with Gasteiger partial charge in [-0.25, -0.2) is 15.0 Å². The lowest BCUT2D eigenvalue weighted by Crippen LogP contribution is -2.09. The van der Waals surface area contributed by atoms with Crippen molar-refractivity contribution in [2.75, 3.05) is 4.90 Å². The Labute approximate surface area is 319 Å². The van der Waals surface area contributed by atoms with Gasteiger partial charge in [-0.3, -0.25) is 0 Å². The summed E-state index contributed by atoms with van der Waals surface area (Å²) in [4.78, 5) is 18.4. The molecule has 0 bridgehead atoms. The lowest BCUT2D eigenvalue weighted by molar-refractivity contribution is 1.19. The van der Waals surface area contributed by atoms with E-state index in [0.29, 0.717) is 5.82 Å². The van der Waals surface area contributed by atoms with E-state index in [1.165, 1.54) is 5.39 Å².